The molecule has 5 heteroatoms. The largest absolute Gasteiger partial charge is 0.354 e. The van der Waals surface area contributed by atoms with E-state index < -0.39 is 0 Å². The van der Waals surface area contributed by atoms with Gasteiger partial charge in [0.15, 0.2) is 0 Å². The van der Waals surface area contributed by atoms with E-state index in [0.29, 0.717) is 19.5 Å². The highest BCUT2D eigenvalue weighted by molar-refractivity contribution is 5.77. The third-order valence-corrected chi connectivity index (χ3v) is 2.90. The number of nitrogens with zero attached hydrogens (tertiary/aromatic N) is 2. The molecule has 0 aromatic rings. The fraction of sp³-hybridized carbons (Fsp3) is 0.833. The lowest BCUT2D eigenvalue weighted by molar-refractivity contribution is -0.120. The van der Waals surface area contributed by atoms with Crippen molar-refractivity contribution in [3.05, 3.63) is 0 Å². The molecule has 2 N–H and O–H groups in total. The minimum absolute atomic E-state index is 0.0288. The Labute approximate surface area is 103 Å². The fourth-order valence-corrected chi connectivity index (χ4v) is 1.94. The molecule has 1 amide bonds. The molecule has 0 radical (unpaired) electrons. The number of rotatable bonds is 7. The smallest absolute Gasteiger partial charge is 0.233 e. The lowest BCUT2D eigenvalue weighted by Gasteiger charge is -2.26. The lowest BCUT2D eigenvalue weighted by Crippen LogP contribution is -2.39. The first-order valence-corrected chi connectivity index (χ1v) is 6.39. The van der Waals surface area contributed by atoms with Crippen molar-refractivity contribution in [2.45, 2.75) is 25.7 Å². The maximum atomic E-state index is 11.3. The summed E-state index contributed by atoms with van der Waals surface area (Å²) in [5.74, 6) is -0.0288. The molecule has 5 nitrogen and oxygen atoms in total. The summed E-state index contributed by atoms with van der Waals surface area (Å²) in [4.78, 5) is 13.7. The van der Waals surface area contributed by atoms with Gasteiger partial charge in [0.05, 0.1) is 19.0 Å². The number of nitriles is 1. The Morgan fingerprint density at radius 2 is 2.00 bits per heavy atom. The van der Waals surface area contributed by atoms with Crippen LogP contribution in [0.5, 0.6) is 0 Å². The molecule has 0 aromatic carbocycles. The van der Waals surface area contributed by atoms with Gasteiger partial charge in [-0.3, -0.25) is 4.79 Å². The molecular formula is C12H22N4O. The first-order chi connectivity index (χ1) is 8.33. The number of nitrogens with one attached hydrogen (secondary N) is 2. The van der Waals surface area contributed by atoms with Crippen LogP contribution in [0.4, 0.5) is 0 Å². The molecule has 17 heavy (non-hydrogen) atoms. The highest BCUT2D eigenvalue weighted by Crippen LogP contribution is 2.06. The van der Waals surface area contributed by atoms with Crippen LogP contribution in [-0.2, 0) is 4.79 Å². The van der Waals surface area contributed by atoms with Crippen LogP contribution in [0.15, 0.2) is 0 Å². The molecule has 0 spiro atoms. The van der Waals surface area contributed by atoms with Crippen LogP contribution in [0.1, 0.15) is 25.7 Å². The van der Waals surface area contributed by atoms with Crippen molar-refractivity contribution in [1.82, 2.24) is 15.5 Å². The van der Waals surface area contributed by atoms with Gasteiger partial charge in [0, 0.05) is 19.6 Å². The van der Waals surface area contributed by atoms with Gasteiger partial charge in [0.2, 0.25) is 5.91 Å². The third-order valence-electron chi connectivity index (χ3n) is 2.90. The Morgan fingerprint density at radius 1 is 1.24 bits per heavy atom. The Hall–Kier alpha value is -1.12. The van der Waals surface area contributed by atoms with E-state index in [2.05, 4.69) is 15.5 Å². The quantitative estimate of drug-likeness (QED) is 0.617. The summed E-state index contributed by atoms with van der Waals surface area (Å²) in [6.07, 6.45) is 4.33. The molecule has 1 fully saturated rings. The van der Waals surface area contributed by atoms with Crippen LogP contribution in [0.3, 0.4) is 0 Å². The number of piperidine rings is 1. The maximum Gasteiger partial charge on any atom is 0.233 e. The van der Waals surface area contributed by atoms with Gasteiger partial charge in [-0.15, -0.1) is 0 Å². The number of hydrogen-bond acceptors (Lipinski definition) is 4. The molecule has 1 heterocycles. The lowest BCUT2D eigenvalue weighted by atomic mass is 10.1. The van der Waals surface area contributed by atoms with Crippen molar-refractivity contribution in [3.8, 4) is 6.07 Å². The Morgan fingerprint density at radius 3 is 2.71 bits per heavy atom. The summed E-state index contributed by atoms with van der Waals surface area (Å²) in [6, 6.07) is 1.99. The summed E-state index contributed by atoms with van der Waals surface area (Å²) in [6.45, 7) is 5.05. The van der Waals surface area contributed by atoms with E-state index in [4.69, 9.17) is 5.26 Å². The minimum Gasteiger partial charge on any atom is -0.354 e. The maximum absolute atomic E-state index is 11.3. The van der Waals surface area contributed by atoms with Crippen molar-refractivity contribution in [2.24, 2.45) is 0 Å². The van der Waals surface area contributed by atoms with Crippen molar-refractivity contribution < 1.29 is 4.79 Å². The van der Waals surface area contributed by atoms with Gasteiger partial charge >= 0.3 is 0 Å². The molecule has 96 valence electrons. The average molecular weight is 238 g/mol. The Bertz CT molecular complexity index is 256. The molecule has 1 rings (SSSR count). The van der Waals surface area contributed by atoms with Gasteiger partial charge in [-0.1, -0.05) is 6.42 Å². The monoisotopic (exact) mass is 238 g/mol. The van der Waals surface area contributed by atoms with Crippen LogP contribution >= 0.6 is 0 Å². The van der Waals surface area contributed by atoms with Gasteiger partial charge in [-0.25, -0.2) is 0 Å². The van der Waals surface area contributed by atoms with Gasteiger partial charge < -0.3 is 15.5 Å². The molecule has 1 saturated heterocycles. The van der Waals surface area contributed by atoms with Crippen molar-refractivity contribution in [2.75, 3.05) is 39.3 Å². The first kappa shape index (κ1) is 13.9. The molecule has 0 aliphatic carbocycles. The number of likely N-dealkylation sites (tertiary alicyclic amines) is 1. The summed E-state index contributed by atoms with van der Waals surface area (Å²) in [5, 5.41) is 14.1. The second-order valence-corrected chi connectivity index (χ2v) is 4.34. The van der Waals surface area contributed by atoms with E-state index in [9.17, 15) is 4.79 Å². The van der Waals surface area contributed by atoms with E-state index in [1.165, 1.54) is 32.4 Å². The zero-order chi connectivity index (χ0) is 12.3. The molecule has 1 aliphatic rings. The predicted octanol–water partition coefficient (Wildman–Crippen LogP) is 0.0918. The number of hydrogen-bond donors (Lipinski definition) is 2. The predicted molar refractivity (Wildman–Crippen MR) is 66.4 cm³/mol. The third kappa shape index (κ3) is 6.93. The average Bonchev–Trinajstić information content (AvgIpc) is 2.36. The molecule has 1 aliphatic heterocycles. The van der Waals surface area contributed by atoms with Gasteiger partial charge in [-0.2, -0.15) is 5.26 Å². The van der Waals surface area contributed by atoms with Crippen LogP contribution in [-0.4, -0.2) is 50.1 Å². The van der Waals surface area contributed by atoms with Crippen LogP contribution in [0, 0.1) is 11.3 Å². The molecule has 0 unspecified atom stereocenters. The molecular weight excluding hydrogens is 216 g/mol. The van der Waals surface area contributed by atoms with Crippen molar-refractivity contribution >= 4 is 5.91 Å². The van der Waals surface area contributed by atoms with E-state index >= 15 is 0 Å². The van der Waals surface area contributed by atoms with E-state index in [1.807, 2.05) is 6.07 Å². The van der Waals surface area contributed by atoms with Crippen LogP contribution < -0.4 is 10.6 Å². The van der Waals surface area contributed by atoms with E-state index in [-0.39, 0.29) is 5.91 Å². The van der Waals surface area contributed by atoms with Gasteiger partial charge in [0.25, 0.3) is 0 Å². The second-order valence-electron chi connectivity index (χ2n) is 4.34. The Kier molecular flexibility index (Phi) is 7.35. The summed E-state index contributed by atoms with van der Waals surface area (Å²) < 4.78 is 0. The van der Waals surface area contributed by atoms with E-state index in [1.54, 1.807) is 0 Å². The van der Waals surface area contributed by atoms with Gasteiger partial charge in [-0.05, 0) is 25.9 Å². The van der Waals surface area contributed by atoms with Crippen LogP contribution in [0.25, 0.3) is 0 Å². The Balaban J connectivity index is 1.92. The van der Waals surface area contributed by atoms with Gasteiger partial charge in [0.1, 0.15) is 0 Å². The van der Waals surface area contributed by atoms with Crippen LogP contribution in [0.2, 0.25) is 0 Å². The standard InChI is InChI=1S/C12H22N4O/c13-5-4-6-15-12(17)11-14-7-10-16-8-2-1-3-9-16/h14H,1-4,6-11H2,(H,15,17). The number of amides is 1. The number of carbonyl (C=O) groups is 1. The first-order valence-electron chi connectivity index (χ1n) is 6.39. The summed E-state index contributed by atoms with van der Waals surface area (Å²) in [5.41, 5.74) is 0. The van der Waals surface area contributed by atoms with Crippen molar-refractivity contribution in [1.29, 1.82) is 5.26 Å². The second kappa shape index (κ2) is 8.97. The molecule has 0 aromatic heterocycles. The topological polar surface area (TPSA) is 68.2 Å². The SMILES string of the molecule is N#CCCNC(=O)CNCCN1CCCCC1. The number of carbonyl (C=O) groups excluding carboxylic acids is 1. The normalized spacial score (nSPS) is 16.4. The summed E-state index contributed by atoms with van der Waals surface area (Å²) in [7, 11) is 0. The zero-order valence-corrected chi connectivity index (χ0v) is 10.4. The zero-order valence-electron chi connectivity index (χ0n) is 10.4. The van der Waals surface area contributed by atoms with Crippen molar-refractivity contribution in [3.63, 3.8) is 0 Å². The molecule has 0 bridgehead atoms. The highest BCUT2D eigenvalue weighted by Gasteiger charge is 2.09. The summed E-state index contributed by atoms with van der Waals surface area (Å²) >= 11 is 0. The highest BCUT2D eigenvalue weighted by atomic mass is 16.1. The van der Waals surface area contributed by atoms with E-state index in [0.717, 1.165) is 13.1 Å². The fourth-order valence-electron chi connectivity index (χ4n) is 1.94. The molecule has 0 saturated carbocycles. The minimum atomic E-state index is -0.0288. The molecule has 0 atom stereocenters.